The van der Waals surface area contributed by atoms with Crippen LogP contribution in [-0.2, 0) is 4.79 Å². The second kappa shape index (κ2) is 2.23. The lowest BCUT2D eigenvalue weighted by Crippen LogP contribution is -2.31. The third-order valence-electron chi connectivity index (χ3n) is 1.57. The van der Waals surface area contributed by atoms with Crippen molar-refractivity contribution in [3.8, 4) is 0 Å². The van der Waals surface area contributed by atoms with E-state index in [1.165, 1.54) is 6.21 Å². The number of allylic oxidation sites excluding steroid dienone is 1. The van der Waals surface area contributed by atoms with Crippen LogP contribution in [0.2, 0.25) is 0 Å². The lowest BCUT2D eigenvalue weighted by Gasteiger charge is -2.16. The number of aliphatic imine (C=N–C) groups is 1. The summed E-state index contributed by atoms with van der Waals surface area (Å²) >= 11 is 0. The van der Waals surface area contributed by atoms with Gasteiger partial charge in [0.25, 0.3) is 5.91 Å². The van der Waals surface area contributed by atoms with E-state index in [0.717, 1.165) is 6.54 Å². The van der Waals surface area contributed by atoms with Crippen LogP contribution in [0.5, 0.6) is 0 Å². The molecule has 0 aromatic carbocycles. The maximum atomic E-state index is 11.0. The standard InChI is InChI=1S/C7H7N3O/c11-7-6(2-4-8-7)10-5-1-3-9-10/h1-4,9H,5H2. The van der Waals surface area contributed by atoms with Crippen molar-refractivity contribution in [3.63, 3.8) is 0 Å². The van der Waals surface area contributed by atoms with E-state index in [1.54, 1.807) is 17.3 Å². The van der Waals surface area contributed by atoms with Crippen molar-refractivity contribution in [2.75, 3.05) is 6.54 Å². The first kappa shape index (κ1) is 6.15. The van der Waals surface area contributed by atoms with Gasteiger partial charge in [0.05, 0.1) is 6.54 Å². The average molecular weight is 149 g/mol. The van der Waals surface area contributed by atoms with Crippen LogP contribution in [0.3, 0.4) is 0 Å². The van der Waals surface area contributed by atoms with Gasteiger partial charge < -0.3 is 5.43 Å². The van der Waals surface area contributed by atoms with Crippen molar-refractivity contribution in [1.29, 1.82) is 0 Å². The molecule has 0 unspecified atom stereocenters. The molecular weight excluding hydrogens is 142 g/mol. The van der Waals surface area contributed by atoms with E-state index < -0.39 is 0 Å². The summed E-state index contributed by atoms with van der Waals surface area (Å²) in [5.74, 6) is -0.179. The minimum Gasteiger partial charge on any atom is -0.305 e. The molecule has 2 rings (SSSR count). The van der Waals surface area contributed by atoms with Crippen LogP contribution >= 0.6 is 0 Å². The number of carbonyl (C=O) groups is 1. The SMILES string of the molecule is O=C1N=CC=C1N1CC=CN1. The molecule has 2 heterocycles. The van der Waals surface area contributed by atoms with Crippen molar-refractivity contribution in [3.05, 3.63) is 24.0 Å². The molecule has 0 spiro atoms. The maximum Gasteiger partial charge on any atom is 0.295 e. The number of hydrazine groups is 1. The predicted molar refractivity (Wildman–Crippen MR) is 40.6 cm³/mol. The van der Waals surface area contributed by atoms with E-state index in [-0.39, 0.29) is 5.91 Å². The van der Waals surface area contributed by atoms with Crippen LogP contribution in [0.25, 0.3) is 0 Å². The van der Waals surface area contributed by atoms with Crippen molar-refractivity contribution in [2.24, 2.45) is 4.99 Å². The fraction of sp³-hybridized carbons (Fsp3) is 0.143. The zero-order chi connectivity index (χ0) is 7.68. The molecule has 0 fully saturated rings. The Hall–Kier alpha value is -1.58. The van der Waals surface area contributed by atoms with Crippen LogP contribution < -0.4 is 5.43 Å². The van der Waals surface area contributed by atoms with Gasteiger partial charge in [-0.3, -0.25) is 9.80 Å². The summed E-state index contributed by atoms with van der Waals surface area (Å²) in [6.07, 6.45) is 6.94. The second-order valence-electron chi connectivity index (χ2n) is 2.28. The summed E-state index contributed by atoms with van der Waals surface area (Å²) in [5.41, 5.74) is 3.52. The molecule has 1 N–H and O–H groups in total. The smallest absolute Gasteiger partial charge is 0.295 e. The molecule has 4 heteroatoms. The first-order valence-electron chi connectivity index (χ1n) is 3.35. The summed E-state index contributed by atoms with van der Waals surface area (Å²) in [4.78, 5) is 14.6. The molecule has 0 saturated heterocycles. The molecule has 56 valence electrons. The third-order valence-corrected chi connectivity index (χ3v) is 1.57. The van der Waals surface area contributed by atoms with Crippen LogP contribution in [0.15, 0.2) is 29.0 Å². The minimum atomic E-state index is -0.179. The highest BCUT2D eigenvalue weighted by Gasteiger charge is 2.19. The highest BCUT2D eigenvalue weighted by molar-refractivity contribution is 6.07. The Labute approximate surface area is 63.9 Å². The molecule has 0 aliphatic carbocycles. The number of hydrogen-bond acceptors (Lipinski definition) is 3. The summed E-state index contributed by atoms with van der Waals surface area (Å²) < 4.78 is 0. The summed E-state index contributed by atoms with van der Waals surface area (Å²) in [5, 5.41) is 1.75. The lowest BCUT2D eigenvalue weighted by molar-refractivity contribution is -0.115. The first-order chi connectivity index (χ1) is 5.38. The molecule has 0 aromatic heterocycles. The molecule has 0 radical (unpaired) electrons. The number of rotatable bonds is 1. The molecule has 1 amide bonds. The van der Waals surface area contributed by atoms with Gasteiger partial charge in [-0.25, -0.2) is 4.99 Å². The molecule has 0 bridgehead atoms. The van der Waals surface area contributed by atoms with Gasteiger partial charge in [0, 0.05) is 12.4 Å². The molecular formula is C7H7N3O. The van der Waals surface area contributed by atoms with Gasteiger partial charge in [-0.05, 0) is 12.2 Å². The minimum absolute atomic E-state index is 0.179. The Bertz CT molecular complexity index is 269. The molecule has 0 aromatic rings. The summed E-state index contributed by atoms with van der Waals surface area (Å²) in [6.45, 7) is 0.723. The number of amides is 1. The van der Waals surface area contributed by atoms with E-state index >= 15 is 0 Å². The Morgan fingerprint density at radius 2 is 2.55 bits per heavy atom. The maximum absolute atomic E-state index is 11.0. The fourth-order valence-electron chi connectivity index (χ4n) is 1.04. The second-order valence-corrected chi connectivity index (χ2v) is 2.28. The molecule has 11 heavy (non-hydrogen) atoms. The number of nitrogens with one attached hydrogen (secondary N) is 1. The number of carbonyl (C=O) groups excluding carboxylic acids is 1. The average Bonchev–Trinajstić information content (AvgIpc) is 2.55. The third kappa shape index (κ3) is 0.920. The van der Waals surface area contributed by atoms with Gasteiger partial charge in [0.15, 0.2) is 0 Å². The molecule has 0 saturated carbocycles. The van der Waals surface area contributed by atoms with Gasteiger partial charge in [0.2, 0.25) is 0 Å². The molecule has 0 atom stereocenters. The lowest BCUT2D eigenvalue weighted by atomic mass is 10.4. The van der Waals surface area contributed by atoms with Gasteiger partial charge in [-0.2, -0.15) is 0 Å². The summed E-state index contributed by atoms with van der Waals surface area (Å²) in [6, 6.07) is 0. The zero-order valence-corrected chi connectivity index (χ0v) is 5.82. The Morgan fingerprint density at radius 3 is 3.09 bits per heavy atom. The van der Waals surface area contributed by atoms with E-state index in [2.05, 4.69) is 10.4 Å². The van der Waals surface area contributed by atoms with Crippen molar-refractivity contribution in [1.82, 2.24) is 10.4 Å². The Balaban J connectivity index is 2.12. The Kier molecular flexibility index (Phi) is 1.25. The monoisotopic (exact) mass is 149 g/mol. The van der Waals surface area contributed by atoms with Crippen LogP contribution in [-0.4, -0.2) is 23.7 Å². The van der Waals surface area contributed by atoms with Gasteiger partial charge in [0.1, 0.15) is 5.70 Å². The molecule has 2 aliphatic rings. The van der Waals surface area contributed by atoms with Crippen LogP contribution in [0, 0.1) is 0 Å². The predicted octanol–water partition coefficient (Wildman–Crippen LogP) is -0.185. The van der Waals surface area contributed by atoms with Crippen LogP contribution in [0.1, 0.15) is 0 Å². The number of nitrogens with zero attached hydrogens (tertiary/aromatic N) is 2. The topological polar surface area (TPSA) is 44.7 Å². The van der Waals surface area contributed by atoms with Crippen LogP contribution in [0.4, 0.5) is 0 Å². The van der Waals surface area contributed by atoms with E-state index in [9.17, 15) is 4.79 Å². The summed E-state index contributed by atoms with van der Waals surface area (Å²) in [7, 11) is 0. The van der Waals surface area contributed by atoms with E-state index in [0.29, 0.717) is 5.70 Å². The zero-order valence-electron chi connectivity index (χ0n) is 5.82. The van der Waals surface area contributed by atoms with E-state index in [1.807, 2.05) is 6.08 Å². The highest BCUT2D eigenvalue weighted by Crippen LogP contribution is 2.09. The number of hydrogen-bond donors (Lipinski definition) is 1. The largest absolute Gasteiger partial charge is 0.305 e. The Morgan fingerprint density at radius 1 is 1.64 bits per heavy atom. The first-order valence-corrected chi connectivity index (χ1v) is 3.35. The van der Waals surface area contributed by atoms with Crippen molar-refractivity contribution in [2.45, 2.75) is 0 Å². The van der Waals surface area contributed by atoms with E-state index in [4.69, 9.17) is 0 Å². The fourth-order valence-corrected chi connectivity index (χ4v) is 1.04. The van der Waals surface area contributed by atoms with Gasteiger partial charge >= 0.3 is 0 Å². The quantitative estimate of drug-likeness (QED) is 0.562. The van der Waals surface area contributed by atoms with Crippen molar-refractivity contribution >= 4 is 12.1 Å². The molecule has 4 nitrogen and oxygen atoms in total. The normalized spacial score (nSPS) is 20.9. The van der Waals surface area contributed by atoms with Gasteiger partial charge in [-0.15, -0.1) is 0 Å². The van der Waals surface area contributed by atoms with Crippen molar-refractivity contribution < 1.29 is 4.79 Å². The molecule has 2 aliphatic heterocycles. The van der Waals surface area contributed by atoms with Gasteiger partial charge in [-0.1, -0.05) is 0 Å². The highest BCUT2D eigenvalue weighted by atomic mass is 16.2.